The molecule has 23 nitrogen and oxygen atoms in total. The Morgan fingerprint density at radius 2 is 1.55 bits per heavy atom. The van der Waals surface area contributed by atoms with Crippen molar-refractivity contribution in [3.05, 3.63) is 80.0 Å². The number of carbonyl (C=O) groups is 2. The monoisotopic (exact) mass is 992 g/mol. The molecular weight excluding hydrogens is 961 g/mol. The number of pyridine rings is 1. The SMILES string of the molecule is COc1cc(OC)nc(NC(=O)NS(=O)(=O)N(C)S(C)(=O)=O)n1.Cc1nn(-c2cc(NS(C)(=O)=O)c(Cl)cc2Cl)c(=O)n1C(F)F.O=C(O)COc1ccc(Cl)c2cccnc12. The number of carboxylic acids is 1. The third kappa shape index (κ3) is 13.9. The van der Waals surface area contributed by atoms with Crippen LogP contribution in [0.15, 0.2) is 53.5 Å². The van der Waals surface area contributed by atoms with E-state index in [1.165, 1.54) is 38.0 Å². The van der Waals surface area contributed by atoms with Crippen LogP contribution in [-0.4, -0.2) is 116 Å². The molecule has 0 saturated carbocycles. The number of methoxy groups -OCH3 is 2. The molecule has 338 valence electrons. The number of ether oxygens (including phenoxy) is 3. The van der Waals surface area contributed by atoms with E-state index in [1.807, 2.05) is 5.32 Å². The smallest absolute Gasteiger partial charge is 0.355 e. The summed E-state index contributed by atoms with van der Waals surface area (Å²) in [7, 11) is -8.91. The molecule has 0 aliphatic carbocycles. The number of aryl methyl sites for hydroxylation is 1. The average molecular weight is 994 g/mol. The van der Waals surface area contributed by atoms with Gasteiger partial charge in [-0.1, -0.05) is 38.5 Å². The van der Waals surface area contributed by atoms with E-state index in [1.54, 1.807) is 30.5 Å². The van der Waals surface area contributed by atoms with Gasteiger partial charge in [0, 0.05) is 18.6 Å². The number of carbonyl (C=O) groups excluding carboxylic acids is 1. The maximum atomic E-state index is 12.8. The number of aliphatic carboxylic acids is 1. The summed E-state index contributed by atoms with van der Waals surface area (Å²) in [6, 6.07) is 9.20. The Labute approximate surface area is 365 Å². The highest BCUT2D eigenvalue weighted by Gasteiger charge is 2.28. The van der Waals surface area contributed by atoms with Gasteiger partial charge in [0.25, 0.3) is 0 Å². The standard InChI is InChI=1S/C11H10Cl2F2N4O3S.C11H8ClNO3.C9H15N5O7S2/c1-5-16-19(11(20)18(5)10(14)15)9-4-8(17-23(2,21)22)6(12)3-7(9)13;12-8-3-4-9(16-6-10(14)15)11-7(8)2-1-5-13-11;1-14(22(4,16)17)23(18,19)13-9(15)12-8-10-6(20-2)5-7(11-8)21-3/h3-4,10,17H,1-2H3;1-5H,6H2,(H,14,15);5H,1-4H3,(H2,10,11,12,13,15). The number of hydrogen-bond donors (Lipinski definition) is 4. The minimum atomic E-state index is -4.60. The third-order valence-electron chi connectivity index (χ3n) is 7.12. The number of benzene rings is 2. The summed E-state index contributed by atoms with van der Waals surface area (Å²) in [6.45, 7) is -2.24. The molecule has 2 aromatic carbocycles. The predicted octanol–water partition coefficient (Wildman–Crippen LogP) is 3.52. The molecule has 0 fully saturated rings. The lowest BCUT2D eigenvalue weighted by Crippen LogP contribution is -2.45. The van der Waals surface area contributed by atoms with Crippen molar-refractivity contribution < 1.29 is 62.9 Å². The topological polar surface area (TPSA) is 302 Å². The Morgan fingerprint density at radius 1 is 0.935 bits per heavy atom. The van der Waals surface area contributed by atoms with Crippen LogP contribution < -0.4 is 34.7 Å². The number of carboxylic acid groups (broad SMARTS) is 1. The number of fused-ring (bicyclic) bond motifs is 1. The van der Waals surface area contributed by atoms with Crippen molar-refractivity contribution in [3.63, 3.8) is 0 Å². The number of rotatable bonds is 13. The molecule has 0 saturated heterocycles. The maximum absolute atomic E-state index is 12.8. The van der Waals surface area contributed by atoms with Crippen LogP contribution >= 0.6 is 34.8 Å². The molecule has 5 rings (SSSR count). The lowest BCUT2D eigenvalue weighted by atomic mass is 10.2. The number of urea groups is 1. The quantitative estimate of drug-likeness (QED) is 0.131. The largest absolute Gasteiger partial charge is 0.481 e. The second kappa shape index (κ2) is 20.9. The number of nitrogens with zero attached hydrogens (tertiary/aromatic N) is 7. The minimum Gasteiger partial charge on any atom is -0.481 e. The summed E-state index contributed by atoms with van der Waals surface area (Å²) in [6.07, 6.45) is 3.17. The molecule has 0 aliphatic heterocycles. The normalized spacial score (nSPS) is 11.5. The van der Waals surface area contributed by atoms with Crippen LogP contribution in [0.4, 0.5) is 25.2 Å². The molecule has 0 aliphatic rings. The van der Waals surface area contributed by atoms with E-state index >= 15 is 0 Å². The highest BCUT2D eigenvalue weighted by Crippen LogP contribution is 2.32. The molecule has 2 amide bonds. The van der Waals surface area contributed by atoms with Gasteiger partial charge in [-0.25, -0.2) is 40.5 Å². The number of amides is 2. The van der Waals surface area contributed by atoms with Crippen LogP contribution in [0.2, 0.25) is 15.1 Å². The van der Waals surface area contributed by atoms with Crippen molar-refractivity contribution in [2.75, 3.05) is 50.4 Å². The fourth-order valence-electron chi connectivity index (χ4n) is 4.36. The first-order valence-electron chi connectivity index (χ1n) is 16.2. The molecule has 4 N–H and O–H groups in total. The summed E-state index contributed by atoms with van der Waals surface area (Å²) < 4.78 is 113. The van der Waals surface area contributed by atoms with Gasteiger partial charge >= 0.3 is 34.4 Å². The molecule has 3 aromatic heterocycles. The Bertz CT molecular complexity index is 2850. The van der Waals surface area contributed by atoms with Crippen molar-refractivity contribution in [2.24, 2.45) is 0 Å². The second-order valence-corrected chi connectivity index (χ2v) is 18.6. The zero-order chi connectivity index (χ0) is 46.9. The molecule has 31 heteroatoms. The average Bonchev–Trinajstić information content (AvgIpc) is 3.47. The van der Waals surface area contributed by atoms with Crippen molar-refractivity contribution in [1.82, 2.24) is 37.7 Å². The van der Waals surface area contributed by atoms with Crippen LogP contribution in [0.5, 0.6) is 17.5 Å². The Kier molecular flexibility index (Phi) is 17.1. The number of nitrogens with one attached hydrogen (secondary N) is 3. The fraction of sp³-hybridized carbons (Fsp3) is 0.258. The zero-order valence-electron chi connectivity index (χ0n) is 32.5. The van der Waals surface area contributed by atoms with Gasteiger partial charge in [0.05, 0.1) is 59.2 Å². The number of aromatic nitrogens is 6. The molecule has 0 unspecified atom stereocenters. The molecule has 0 spiro atoms. The molecule has 0 radical (unpaired) electrons. The zero-order valence-corrected chi connectivity index (χ0v) is 37.2. The Morgan fingerprint density at radius 3 is 2.06 bits per heavy atom. The third-order valence-corrected chi connectivity index (χ3v) is 12.1. The lowest BCUT2D eigenvalue weighted by molar-refractivity contribution is -0.139. The first-order chi connectivity index (χ1) is 28.7. The van der Waals surface area contributed by atoms with Gasteiger partial charge in [-0.3, -0.25) is 15.0 Å². The van der Waals surface area contributed by atoms with Gasteiger partial charge in [0.2, 0.25) is 37.8 Å². The molecule has 3 heterocycles. The molecular formula is C31H33Cl3F2N10O13S3. The van der Waals surface area contributed by atoms with Gasteiger partial charge in [-0.15, -0.1) is 5.10 Å². The number of sulfonamides is 2. The summed E-state index contributed by atoms with van der Waals surface area (Å²) >= 11 is 17.8. The van der Waals surface area contributed by atoms with Crippen LogP contribution in [0, 0.1) is 6.92 Å². The van der Waals surface area contributed by atoms with Gasteiger partial charge in [0.15, 0.2) is 6.61 Å². The van der Waals surface area contributed by atoms with Crippen molar-refractivity contribution in [3.8, 4) is 23.2 Å². The van der Waals surface area contributed by atoms with Crippen LogP contribution in [-0.2, 0) is 35.1 Å². The molecule has 0 bridgehead atoms. The van der Waals surface area contributed by atoms with Crippen molar-refractivity contribution in [2.45, 2.75) is 13.5 Å². The minimum absolute atomic E-state index is 0.00654. The number of hydrogen-bond acceptors (Lipinski definition) is 16. The summed E-state index contributed by atoms with van der Waals surface area (Å²) in [5, 5.41) is 15.5. The lowest BCUT2D eigenvalue weighted by Gasteiger charge is -2.15. The van der Waals surface area contributed by atoms with Gasteiger partial charge in [-0.2, -0.15) is 31.8 Å². The second-order valence-electron chi connectivity index (χ2n) is 11.7. The first-order valence-corrected chi connectivity index (χ1v) is 22.6. The van der Waals surface area contributed by atoms with Crippen LogP contribution in [0.3, 0.4) is 0 Å². The van der Waals surface area contributed by atoms with E-state index in [0.717, 1.165) is 24.8 Å². The van der Waals surface area contributed by atoms with Crippen molar-refractivity contribution >= 4 is 99.6 Å². The fourth-order valence-corrected chi connectivity index (χ4v) is 7.66. The highest BCUT2D eigenvalue weighted by molar-refractivity contribution is 8.03. The van der Waals surface area contributed by atoms with E-state index in [-0.39, 0.29) is 53.2 Å². The molecule has 0 atom stereocenters. The van der Waals surface area contributed by atoms with E-state index in [9.17, 15) is 48.4 Å². The number of halogens is 5. The van der Waals surface area contributed by atoms with E-state index in [2.05, 4.69) is 24.8 Å². The maximum Gasteiger partial charge on any atom is 0.355 e. The van der Waals surface area contributed by atoms with E-state index < -0.39 is 61.1 Å². The number of anilines is 2. The first kappa shape index (κ1) is 50.7. The predicted molar refractivity (Wildman–Crippen MR) is 221 cm³/mol. The Balaban J connectivity index is 0.000000252. The highest BCUT2D eigenvalue weighted by atomic mass is 35.5. The summed E-state index contributed by atoms with van der Waals surface area (Å²) in [4.78, 5) is 45.7. The van der Waals surface area contributed by atoms with Crippen LogP contribution in [0.25, 0.3) is 16.6 Å². The summed E-state index contributed by atoms with van der Waals surface area (Å²) in [5.74, 6) is -1.03. The van der Waals surface area contributed by atoms with E-state index in [0.29, 0.717) is 27.2 Å². The van der Waals surface area contributed by atoms with Gasteiger partial charge < -0.3 is 19.3 Å². The Hall–Kier alpha value is -5.65. The summed E-state index contributed by atoms with van der Waals surface area (Å²) in [5.41, 5.74) is -0.706. The van der Waals surface area contributed by atoms with Gasteiger partial charge in [-0.05, 0) is 43.3 Å². The van der Waals surface area contributed by atoms with Crippen LogP contribution in [0.1, 0.15) is 12.4 Å². The molecule has 62 heavy (non-hydrogen) atoms. The van der Waals surface area contributed by atoms with Crippen molar-refractivity contribution in [1.29, 1.82) is 0 Å². The molecule has 5 aromatic rings. The number of alkyl halides is 2. The van der Waals surface area contributed by atoms with E-state index in [4.69, 9.17) is 54.1 Å². The van der Waals surface area contributed by atoms with Gasteiger partial charge in [0.1, 0.15) is 17.1 Å².